The molecule has 0 aliphatic carbocycles. The van der Waals surface area contributed by atoms with Crippen molar-refractivity contribution >= 4 is 10.9 Å². The minimum atomic E-state index is -1.51. The van der Waals surface area contributed by atoms with Crippen molar-refractivity contribution in [2.24, 2.45) is 5.41 Å². The molecule has 1 saturated heterocycles. The van der Waals surface area contributed by atoms with Gasteiger partial charge in [-0.25, -0.2) is 13.2 Å². The van der Waals surface area contributed by atoms with E-state index in [1.54, 1.807) is 13.3 Å². The molecule has 1 atom stereocenters. The van der Waals surface area contributed by atoms with Crippen molar-refractivity contribution in [3.05, 3.63) is 65.1 Å². The lowest BCUT2D eigenvalue weighted by molar-refractivity contribution is 0.0204. The van der Waals surface area contributed by atoms with Gasteiger partial charge < -0.3 is 19.7 Å². The Morgan fingerprint density at radius 1 is 1.08 bits per heavy atom. The molecule has 2 N–H and O–H groups in total. The summed E-state index contributed by atoms with van der Waals surface area (Å²) in [4.78, 5) is 6.63. The third-order valence-corrected chi connectivity index (χ3v) is 7.48. The summed E-state index contributed by atoms with van der Waals surface area (Å²) >= 11 is 0. The molecule has 0 saturated carbocycles. The number of ether oxygens (including phenoxy) is 2. The van der Waals surface area contributed by atoms with Gasteiger partial charge >= 0.3 is 0 Å². The fraction of sp³-hybridized carbons (Fsp3) is 0.464. The normalized spacial score (nSPS) is 16.6. The third-order valence-electron chi connectivity index (χ3n) is 7.48. The number of hydrogen-bond donors (Lipinski definition) is 2. The second-order valence-corrected chi connectivity index (χ2v) is 9.84. The van der Waals surface area contributed by atoms with Crippen LogP contribution in [0.3, 0.4) is 0 Å². The molecule has 4 rings (SSSR count). The van der Waals surface area contributed by atoms with Gasteiger partial charge in [-0.3, -0.25) is 9.88 Å². The SMILES string of the molecule is COc1ccc2ncc(C)c([C@@H](O)CCC3(CO)CCN(CCOc4cc(F)c(F)c(F)c4)CC3)c2c1. The number of aryl methyl sites for hydroxylation is 1. The average molecular weight is 519 g/mol. The average Bonchev–Trinajstić information content (AvgIpc) is 2.90. The Morgan fingerprint density at radius 3 is 2.43 bits per heavy atom. The van der Waals surface area contributed by atoms with E-state index in [0.717, 1.165) is 60.1 Å². The fourth-order valence-electron chi connectivity index (χ4n) is 5.09. The maximum atomic E-state index is 13.4. The molecule has 2 aromatic carbocycles. The van der Waals surface area contributed by atoms with Crippen molar-refractivity contribution in [2.45, 2.75) is 38.7 Å². The monoisotopic (exact) mass is 518 g/mol. The van der Waals surface area contributed by atoms with E-state index in [1.165, 1.54) is 0 Å². The third kappa shape index (κ3) is 6.17. The Labute approximate surface area is 214 Å². The van der Waals surface area contributed by atoms with Crippen LogP contribution in [0.1, 0.15) is 42.9 Å². The predicted octanol–water partition coefficient (Wildman–Crippen LogP) is 4.94. The molecule has 0 amide bonds. The zero-order chi connectivity index (χ0) is 26.6. The number of nitrogens with zero attached hydrogens (tertiary/aromatic N) is 2. The number of likely N-dealkylation sites (tertiary alicyclic amines) is 1. The van der Waals surface area contributed by atoms with Crippen molar-refractivity contribution in [3.8, 4) is 11.5 Å². The summed E-state index contributed by atoms with van der Waals surface area (Å²) < 4.78 is 50.6. The summed E-state index contributed by atoms with van der Waals surface area (Å²) in [6.07, 6.45) is 3.73. The van der Waals surface area contributed by atoms with Crippen molar-refractivity contribution < 1.29 is 32.9 Å². The summed E-state index contributed by atoms with van der Waals surface area (Å²) in [5, 5.41) is 22.3. The molecule has 3 aromatic rings. The number of benzene rings is 2. The second kappa shape index (κ2) is 11.7. The number of aromatic nitrogens is 1. The first-order valence-electron chi connectivity index (χ1n) is 12.5. The van der Waals surface area contributed by atoms with Crippen LogP contribution in [0.5, 0.6) is 11.5 Å². The van der Waals surface area contributed by atoms with E-state index >= 15 is 0 Å². The largest absolute Gasteiger partial charge is 0.497 e. The minimum absolute atomic E-state index is 0.0299. The van der Waals surface area contributed by atoms with Crippen LogP contribution in [-0.2, 0) is 0 Å². The second-order valence-electron chi connectivity index (χ2n) is 9.84. The summed E-state index contributed by atoms with van der Waals surface area (Å²) in [7, 11) is 1.60. The number of piperidine rings is 1. The highest BCUT2D eigenvalue weighted by molar-refractivity contribution is 5.84. The molecule has 0 spiro atoms. The van der Waals surface area contributed by atoms with Crippen molar-refractivity contribution in [3.63, 3.8) is 0 Å². The Bertz CT molecular complexity index is 1210. The number of methoxy groups -OCH3 is 1. The van der Waals surface area contributed by atoms with Crippen LogP contribution in [0.4, 0.5) is 13.2 Å². The van der Waals surface area contributed by atoms with Crippen LogP contribution >= 0.6 is 0 Å². The van der Waals surface area contributed by atoms with Crippen LogP contribution < -0.4 is 9.47 Å². The number of fused-ring (bicyclic) bond motifs is 1. The zero-order valence-corrected chi connectivity index (χ0v) is 21.1. The van der Waals surface area contributed by atoms with Gasteiger partial charge in [0.05, 0.1) is 18.7 Å². The molecule has 37 heavy (non-hydrogen) atoms. The maximum Gasteiger partial charge on any atom is 0.194 e. The van der Waals surface area contributed by atoms with Gasteiger partial charge in [0.1, 0.15) is 18.1 Å². The molecule has 1 aromatic heterocycles. The molecule has 1 fully saturated rings. The zero-order valence-electron chi connectivity index (χ0n) is 21.1. The van der Waals surface area contributed by atoms with Gasteiger partial charge in [-0.15, -0.1) is 0 Å². The molecule has 0 radical (unpaired) electrons. The number of rotatable bonds is 10. The highest BCUT2D eigenvalue weighted by Gasteiger charge is 2.34. The van der Waals surface area contributed by atoms with Gasteiger partial charge in [0.2, 0.25) is 0 Å². The van der Waals surface area contributed by atoms with Gasteiger partial charge in [-0.2, -0.15) is 0 Å². The lowest BCUT2D eigenvalue weighted by Gasteiger charge is -2.41. The van der Waals surface area contributed by atoms with Crippen LogP contribution in [0, 0.1) is 29.8 Å². The summed E-state index contributed by atoms with van der Waals surface area (Å²) in [6.45, 7) is 4.15. The van der Waals surface area contributed by atoms with Crippen molar-refractivity contribution in [2.75, 3.05) is 40.0 Å². The Balaban J connectivity index is 1.32. The summed E-state index contributed by atoms with van der Waals surface area (Å²) in [5.74, 6) is -3.43. The van der Waals surface area contributed by atoms with E-state index in [1.807, 2.05) is 25.1 Å². The van der Waals surface area contributed by atoms with E-state index < -0.39 is 23.6 Å². The molecule has 0 unspecified atom stereocenters. The van der Waals surface area contributed by atoms with E-state index in [9.17, 15) is 23.4 Å². The molecular formula is C28H33F3N2O4. The van der Waals surface area contributed by atoms with Gasteiger partial charge in [-0.05, 0) is 80.4 Å². The van der Waals surface area contributed by atoms with E-state index in [4.69, 9.17) is 9.47 Å². The van der Waals surface area contributed by atoms with Crippen LogP contribution in [0.15, 0.2) is 36.5 Å². The summed E-state index contributed by atoms with van der Waals surface area (Å²) in [5.41, 5.74) is 2.23. The van der Waals surface area contributed by atoms with Crippen molar-refractivity contribution in [1.82, 2.24) is 9.88 Å². The molecule has 1 aliphatic heterocycles. The first-order valence-corrected chi connectivity index (χ1v) is 12.5. The van der Waals surface area contributed by atoms with E-state index in [-0.39, 0.29) is 24.4 Å². The molecule has 0 bridgehead atoms. The maximum absolute atomic E-state index is 13.4. The molecule has 200 valence electrons. The Kier molecular flexibility index (Phi) is 8.56. The standard InChI is InChI=1S/C28H33F3N2O4/c1-18-16-32-24-4-3-19(36-2)13-21(24)26(18)25(35)5-6-28(17-34)7-9-33(10-8-28)11-12-37-20-14-22(29)27(31)23(30)15-20/h3-4,13-16,25,34-35H,5-12,17H2,1-2H3/t25-/m0/s1. The summed E-state index contributed by atoms with van der Waals surface area (Å²) in [6, 6.07) is 7.28. The van der Waals surface area contributed by atoms with Crippen LogP contribution in [0.25, 0.3) is 10.9 Å². The topological polar surface area (TPSA) is 75.0 Å². The molecule has 9 heteroatoms. The number of aliphatic hydroxyl groups excluding tert-OH is 2. The first kappa shape index (κ1) is 27.2. The smallest absolute Gasteiger partial charge is 0.194 e. The minimum Gasteiger partial charge on any atom is -0.497 e. The van der Waals surface area contributed by atoms with Gasteiger partial charge in [-0.1, -0.05) is 0 Å². The Hall–Kier alpha value is -2.88. The quantitative estimate of drug-likeness (QED) is 0.371. The Morgan fingerprint density at radius 2 is 1.78 bits per heavy atom. The van der Waals surface area contributed by atoms with Gasteiger partial charge in [0.15, 0.2) is 17.5 Å². The lowest BCUT2D eigenvalue weighted by Crippen LogP contribution is -2.43. The first-order chi connectivity index (χ1) is 17.7. The highest BCUT2D eigenvalue weighted by Crippen LogP contribution is 2.39. The lowest BCUT2D eigenvalue weighted by atomic mass is 9.74. The van der Waals surface area contributed by atoms with Crippen LogP contribution in [0.2, 0.25) is 0 Å². The van der Waals surface area contributed by atoms with E-state index in [0.29, 0.717) is 25.1 Å². The predicted molar refractivity (Wildman–Crippen MR) is 134 cm³/mol. The van der Waals surface area contributed by atoms with Crippen LogP contribution in [-0.4, -0.2) is 60.1 Å². The molecule has 2 heterocycles. The number of hydrogen-bond acceptors (Lipinski definition) is 6. The van der Waals surface area contributed by atoms with Gasteiger partial charge in [0.25, 0.3) is 0 Å². The number of halogens is 3. The highest BCUT2D eigenvalue weighted by atomic mass is 19.2. The molecule has 1 aliphatic rings. The molecule has 6 nitrogen and oxygen atoms in total. The number of aliphatic hydroxyl groups is 2. The van der Waals surface area contributed by atoms with E-state index in [2.05, 4.69) is 9.88 Å². The van der Waals surface area contributed by atoms with Crippen molar-refractivity contribution in [1.29, 1.82) is 0 Å². The fourth-order valence-corrected chi connectivity index (χ4v) is 5.09. The molecular weight excluding hydrogens is 485 g/mol. The number of pyridine rings is 1. The van der Waals surface area contributed by atoms with Gasteiger partial charge in [0, 0.05) is 36.9 Å².